The SMILES string of the molecule is CCCC[C@H](N)C(=O)N[C@@H](C)C(=O)N[C@@H](CCC(N)=O)C(=O)O. The normalized spacial score (nSPS) is 14.4. The Morgan fingerprint density at radius 3 is 2.17 bits per heavy atom. The molecule has 7 N–H and O–H groups in total. The van der Waals surface area contributed by atoms with Crippen LogP contribution in [0.1, 0.15) is 46.0 Å². The predicted molar refractivity (Wildman–Crippen MR) is 83.1 cm³/mol. The third-order valence-electron chi connectivity index (χ3n) is 3.25. The summed E-state index contributed by atoms with van der Waals surface area (Å²) in [4.78, 5) is 45.5. The fourth-order valence-electron chi connectivity index (χ4n) is 1.78. The van der Waals surface area contributed by atoms with E-state index >= 15 is 0 Å². The lowest BCUT2D eigenvalue weighted by Gasteiger charge is -2.20. The molecule has 0 saturated heterocycles. The fraction of sp³-hybridized carbons (Fsp3) is 0.714. The molecule has 0 aliphatic carbocycles. The number of hydrogen-bond donors (Lipinski definition) is 5. The quantitative estimate of drug-likeness (QED) is 0.321. The summed E-state index contributed by atoms with van der Waals surface area (Å²) in [7, 11) is 0. The zero-order chi connectivity index (χ0) is 18.0. The molecule has 0 bridgehead atoms. The van der Waals surface area contributed by atoms with Crippen molar-refractivity contribution < 1.29 is 24.3 Å². The van der Waals surface area contributed by atoms with E-state index in [0.29, 0.717) is 6.42 Å². The second-order valence-corrected chi connectivity index (χ2v) is 5.38. The Balaban J connectivity index is 4.48. The van der Waals surface area contributed by atoms with Crippen LogP contribution >= 0.6 is 0 Å². The van der Waals surface area contributed by atoms with Gasteiger partial charge in [0.05, 0.1) is 6.04 Å². The third kappa shape index (κ3) is 8.77. The minimum absolute atomic E-state index is 0.118. The first kappa shape index (κ1) is 20.8. The van der Waals surface area contributed by atoms with Crippen LogP contribution in [0, 0.1) is 0 Å². The zero-order valence-corrected chi connectivity index (χ0v) is 13.5. The minimum Gasteiger partial charge on any atom is -0.480 e. The van der Waals surface area contributed by atoms with E-state index in [1.54, 1.807) is 0 Å². The minimum atomic E-state index is -1.28. The van der Waals surface area contributed by atoms with Gasteiger partial charge in [-0.1, -0.05) is 19.8 Å². The highest BCUT2D eigenvalue weighted by Crippen LogP contribution is 2.00. The van der Waals surface area contributed by atoms with Crippen molar-refractivity contribution in [1.29, 1.82) is 0 Å². The molecule has 0 spiro atoms. The fourth-order valence-corrected chi connectivity index (χ4v) is 1.78. The van der Waals surface area contributed by atoms with Crippen LogP contribution in [-0.4, -0.2) is 46.9 Å². The Hall–Kier alpha value is -2.16. The van der Waals surface area contributed by atoms with E-state index in [2.05, 4.69) is 10.6 Å². The Bertz CT molecular complexity index is 441. The van der Waals surface area contributed by atoms with Crippen LogP contribution in [0.15, 0.2) is 0 Å². The van der Waals surface area contributed by atoms with E-state index in [9.17, 15) is 19.2 Å². The van der Waals surface area contributed by atoms with Gasteiger partial charge in [-0.15, -0.1) is 0 Å². The molecule has 0 aromatic heterocycles. The molecule has 9 heteroatoms. The van der Waals surface area contributed by atoms with Crippen molar-refractivity contribution in [2.45, 2.75) is 64.1 Å². The maximum Gasteiger partial charge on any atom is 0.326 e. The molecule has 0 aromatic rings. The molecular weight excluding hydrogens is 304 g/mol. The molecule has 0 aliphatic heterocycles. The Labute approximate surface area is 135 Å². The first-order chi connectivity index (χ1) is 10.7. The summed E-state index contributed by atoms with van der Waals surface area (Å²) < 4.78 is 0. The van der Waals surface area contributed by atoms with Gasteiger partial charge in [-0.25, -0.2) is 4.79 Å². The number of primary amides is 1. The van der Waals surface area contributed by atoms with Crippen molar-refractivity contribution in [3.8, 4) is 0 Å². The Morgan fingerprint density at radius 2 is 1.70 bits per heavy atom. The van der Waals surface area contributed by atoms with Crippen LogP contribution in [0.3, 0.4) is 0 Å². The van der Waals surface area contributed by atoms with Crippen LogP contribution < -0.4 is 22.1 Å². The second-order valence-electron chi connectivity index (χ2n) is 5.38. The van der Waals surface area contributed by atoms with Gasteiger partial charge in [0, 0.05) is 6.42 Å². The van der Waals surface area contributed by atoms with Gasteiger partial charge in [0.1, 0.15) is 12.1 Å². The molecule has 0 saturated carbocycles. The number of carbonyl (C=O) groups is 4. The third-order valence-corrected chi connectivity index (χ3v) is 3.25. The van der Waals surface area contributed by atoms with E-state index in [4.69, 9.17) is 16.6 Å². The van der Waals surface area contributed by atoms with Gasteiger partial charge >= 0.3 is 5.97 Å². The highest BCUT2D eigenvalue weighted by molar-refractivity contribution is 5.91. The van der Waals surface area contributed by atoms with Gasteiger partial charge in [-0.2, -0.15) is 0 Å². The monoisotopic (exact) mass is 330 g/mol. The molecule has 9 nitrogen and oxygen atoms in total. The van der Waals surface area contributed by atoms with E-state index < -0.39 is 41.8 Å². The maximum atomic E-state index is 11.9. The molecule has 0 aromatic carbocycles. The van der Waals surface area contributed by atoms with Crippen LogP contribution in [-0.2, 0) is 19.2 Å². The molecule has 3 atom stereocenters. The standard InChI is InChI=1S/C14H26N4O5/c1-3-4-5-9(15)13(21)17-8(2)12(20)18-10(14(22)23)6-7-11(16)19/h8-10H,3-7,15H2,1-2H3,(H2,16,19)(H,17,21)(H,18,20)(H,22,23)/t8-,9-,10-/m0/s1. The number of carbonyl (C=O) groups excluding carboxylic acids is 3. The maximum absolute atomic E-state index is 11.9. The second kappa shape index (κ2) is 10.5. The first-order valence-corrected chi connectivity index (χ1v) is 7.56. The van der Waals surface area contributed by atoms with Crippen LogP contribution in [0.4, 0.5) is 0 Å². The average molecular weight is 330 g/mol. The van der Waals surface area contributed by atoms with E-state index in [1.165, 1.54) is 6.92 Å². The Morgan fingerprint density at radius 1 is 1.09 bits per heavy atom. The number of unbranched alkanes of at least 4 members (excludes halogenated alkanes) is 1. The molecule has 23 heavy (non-hydrogen) atoms. The lowest BCUT2D eigenvalue weighted by Crippen LogP contribution is -2.53. The van der Waals surface area contributed by atoms with Crippen molar-refractivity contribution in [1.82, 2.24) is 10.6 Å². The number of aliphatic carboxylic acids is 1. The molecule has 0 aliphatic rings. The van der Waals surface area contributed by atoms with Crippen molar-refractivity contribution >= 4 is 23.7 Å². The topological polar surface area (TPSA) is 165 Å². The number of nitrogens with one attached hydrogen (secondary N) is 2. The molecule has 0 heterocycles. The molecule has 0 radical (unpaired) electrons. The summed E-state index contributed by atoms with van der Waals surface area (Å²) in [6.07, 6.45) is 1.92. The summed E-state index contributed by atoms with van der Waals surface area (Å²) in [5.74, 6) is -3.07. The summed E-state index contributed by atoms with van der Waals surface area (Å²) in [6, 6.07) is -2.90. The number of nitrogens with two attached hydrogens (primary N) is 2. The molecule has 132 valence electrons. The van der Waals surface area contributed by atoms with E-state index in [1.807, 2.05) is 6.92 Å². The summed E-state index contributed by atoms with van der Waals surface area (Å²) in [5, 5.41) is 13.7. The predicted octanol–water partition coefficient (Wildman–Crippen LogP) is -1.16. The number of hydrogen-bond acceptors (Lipinski definition) is 5. The number of carboxylic acid groups (broad SMARTS) is 1. The molecular formula is C14H26N4O5. The lowest BCUT2D eigenvalue weighted by atomic mass is 10.1. The first-order valence-electron chi connectivity index (χ1n) is 7.56. The molecule has 0 unspecified atom stereocenters. The molecule has 0 rings (SSSR count). The summed E-state index contributed by atoms with van der Waals surface area (Å²) in [6.45, 7) is 3.39. The number of carboxylic acids is 1. The number of amides is 3. The van der Waals surface area contributed by atoms with Gasteiger partial charge in [-0.3, -0.25) is 14.4 Å². The average Bonchev–Trinajstić information content (AvgIpc) is 2.47. The van der Waals surface area contributed by atoms with Crippen molar-refractivity contribution in [2.75, 3.05) is 0 Å². The van der Waals surface area contributed by atoms with E-state index in [-0.39, 0.29) is 12.8 Å². The zero-order valence-electron chi connectivity index (χ0n) is 13.5. The highest BCUT2D eigenvalue weighted by Gasteiger charge is 2.25. The largest absolute Gasteiger partial charge is 0.480 e. The van der Waals surface area contributed by atoms with Crippen LogP contribution in [0.25, 0.3) is 0 Å². The van der Waals surface area contributed by atoms with Gasteiger partial charge in [-0.05, 0) is 19.8 Å². The number of rotatable bonds is 11. The van der Waals surface area contributed by atoms with Crippen molar-refractivity contribution in [3.63, 3.8) is 0 Å². The summed E-state index contributed by atoms with van der Waals surface area (Å²) in [5.41, 5.74) is 10.6. The molecule has 3 amide bonds. The van der Waals surface area contributed by atoms with Gasteiger partial charge in [0.2, 0.25) is 17.7 Å². The van der Waals surface area contributed by atoms with Crippen molar-refractivity contribution in [3.05, 3.63) is 0 Å². The van der Waals surface area contributed by atoms with Gasteiger partial charge < -0.3 is 27.2 Å². The smallest absolute Gasteiger partial charge is 0.326 e. The van der Waals surface area contributed by atoms with E-state index in [0.717, 1.165) is 12.8 Å². The van der Waals surface area contributed by atoms with Crippen LogP contribution in [0.5, 0.6) is 0 Å². The highest BCUT2D eigenvalue weighted by atomic mass is 16.4. The van der Waals surface area contributed by atoms with Crippen LogP contribution in [0.2, 0.25) is 0 Å². The van der Waals surface area contributed by atoms with Crippen molar-refractivity contribution in [2.24, 2.45) is 11.5 Å². The summed E-state index contributed by atoms with van der Waals surface area (Å²) >= 11 is 0. The van der Waals surface area contributed by atoms with Gasteiger partial charge in [0.15, 0.2) is 0 Å². The lowest BCUT2D eigenvalue weighted by molar-refractivity contribution is -0.142. The van der Waals surface area contributed by atoms with Gasteiger partial charge in [0.25, 0.3) is 0 Å². The molecule has 0 fully saturated rings. The Kier molecular flexibility index (Phi) is 9.56.